The summed E-state index contributed by atoms with van der Waals surface area (Å²) in [5, 5.41) is 0. The summed E-state index contributed by atoms with van der Waals surface area (Å²) in [4.78, 5) is 14.0. The van der Waals surface area contributed by atoms with E-state index in [1.165, 1.54) is 12.1 Å². The number of amides is 1. The van der Waals surface area contributed by atoms with Gasteiger partial charge in [-0.05, 0) is 61.8 Å². The van der Waals surface area contributed by atoms with Crippen LogP contribution >= 0.6 is 0 Å². The monoisotopic (exact) mass is 327 g/mol. The number of nitrogens with zero attached hydrogens (tertiary/aromatic N) is 1. The summed E-state index contributed by atoms with van der Waals surface area (Å²) in [5.74, 6) is 0.444. The fourth-order valence-electron chi connectivity index (χ4n) is 3.23. The fraction of sp³-hybridized carbons (Fsp3) is 0.588. The maximum atomic E-state index is 12.9. The van der Waals surface area contributed by atoms with Gasteiger partial charge in [-0.1, -0.05) is 6.92 Å². The van der Waals surface area contributed by atoms with Crippen molar-refractivity contribution < 1.29 is 22.7 Å². The Morgan fingerprint density at radius 2 is 2.04 bits per heavy atom. The molecular formula is C17H20F3NO2. The summed E-state index contributed by atoms with van der Waals surface area (Å²) < 4.78 is 43.9. The van der Waals surface area contributed by atoms with Crippen molar-refractivity contribution in [3.8, 4) is 0 Å². The lowest BCUT2D eigenvalue weighted by atomic mass is 9.92. The van der Waals surface area contributed by atoms with Crippen LogP contribution in [0.15, 0.2) is 18.2 Å². The summed E-state index contributed by atoms with van der Waals surface area (Å²) in [5.41, 5.74) is 0.482. The Morgan fingerprint density at radius 1 is 1.30 bits per heavy atom. The van der Waals surface area contributed by atoms with E-state index in [0.717, 1.165) is 18.9 Å². The zero-order valence-corrected chi connectivity index (χ0v) is 13.0. The Balaban J connectivity index is 1.93. The lowest BCUT2D eigenvalue weighted by Gasteiger charge is -2.37. The number of ether oxygens (including phenoxy) is 1. The number of fused-ring (bicyclic) bond motifs is 1. The number of anilines is 1. The Kier molecular flexibility index (Phi) is 4.25. The summed E-state index contributed by atoms with van der Waals surface area (Å²) >= 11 is 0. The van der Waals surface area contributed by atoms with Crippen LogP contribution in [-0.4, -0.2) is 18.7 Å². The van der Waals surface area contributed by atoms with Crippen molar-refractivity contribution in [3.05, 3.63) is 29.3 Å². The molecule has 1 amide bonds. The molecule has 0 unspecified atom stereocenters. The molecular weight excluding hydrogens is 307 g/mol. The molecule has 0 radical (unpaired) electrons. The van der Waals surface area contributed by atoms with Crippen molar-refractivity contribution in [3.63, 3.8) is 0 Å². The van der Waals surface area contributed by atoms with Gasteiger partial charge in [0.1, 0.15) is 0 Å². The van der Waals surface area contributed by atoms with Crippen molar-refractivity contribution in [1.29, 1.82) is 0 Å². The van der Waals surface area contributed by atoms with E-state index >= 15 is 0 Å². The van der Waals surface area contributed by atoms with Crippen molar-refractivity contribution in [1.82, 2.24) is 0 Å². The van der Waals surface area contributed by atoms with Crippen molar-refractivity contribution in [2.75, 3.05) is 11.5 Å². The average Bonchev–Trinajstić information content (AvgIpc) is 3.34. The van der Waals surface area contributed by atoms with E-state index in [9.17, 15) is 18.0 Å². The number of carbonyl (C=O) groups excluding carboxylic acids is 1. The minimum absolute atomic E-state index is 0.0450. The van der Waals surface area contributed by atoms with E-state index in [0.29, 0.717) is 43.0 Å². The molecule has 23 heavy (non-hydrogen) atoms. The highest BCUT2D eigenvalue weighted by atomic mass is 19.4. The number of halogens is 3. The van der Waals surface area contributed by atoms with Gasteiger partial charge in [-0.2, -0.15) is 13.2 Å². The first-order valence-electron chi connectivity index (χ1n) is 8.08. The van der Waals surface area contributed by atoms with E-state index < -0.39 is 17.8 Å². The number of hydrogen-bond acceptors (Lipinski definition) is 2. The van der Waals surface area contributed by atoms with Gasteiger partial charge in [0.25, 0.3) is 0 Å². The number of aryl methyl sites for hydroxylation is 1. The number of rotatable bonds is 3. The minimum atomic E-state index is -4.37. The molecule has 1 aliphatic heterocycles. The molecule has 0 N–H and O–H groups in total. The third kappa shape index (κ3) is 3.31. The molecule has 1 aliphatic carbocycles. The van der Waals surface area contributed by atoms with Gasteiger partial charge in [-0.25, -0.2) is 4.79 Å². The van der Waals surface area contributed by atoms with E-state index in [4.69, 9.17) is 4.74 Å². The molecule has 0 bridgehead atoms. The fourth-order valence-corrected chi connectivity index (χ4v) is 3.23. The molecule has 6 heteroatoms. The number of carbonyl (C=O) groups is 1. The molecule has 1 atom stereocenters. The van der Waals surface area contributed by atoms with Crippen LogP contribution in [0.2, 0.25) is 0 Å². The summed E-state index contributed by atoms with van der Waals surface area (Å²) in [6.45, 7) is 2.23. The SMILES string of the molecule is CCCOC(=O)N1c2ccc(C(F)(F)F)cc2CC[C@H]1C1CC1. The first kappa shape index (κ1) is 16.1. The van der Waals surface area contributed by atoms with Crippen LogP contribution in [0.4, 0.5) is 23.7 Å². The van der Waals surface area contributed by atoms with Gasteiger partial charge in [0.05, 0.1) is 17.9 Å². The van der Waals surface area contributed by atoms with Crippen LogP contribution in [0.5, 0.6) is 0 Å². The largest absolute Gasteiger partial charge is 0.449 e. The summed E-state index contributed by atoms with van der Waals surface area (Å²) in [6.07, 6.45) is -0.692. The van der Waals surface area contributed by atoms with E-state index in [2.05, 4.69) is 0 Å². The summed E-state index contributed by atoms with van der Waals surface area (Å²) in [7, 11) is 0. The molecule has 126 valence electrons. The molecule has 3 rings (SSSR count). The molecule has 2 aliphatic rings. The number of hydrogen-bond donors (Lipinski definition) is 0. The number of benzene rings is 1. The third-order valence-electron chi connectivity index (χ3n) is 4.50. The highest BCUT2D eigenvalue weighted by Gasteiger charge is 2.42. The minimum Gasteiger partial charge on any atom is -0.449 e. The van der Waals surface area contributed by atoms with Gasteiger partial charge in [0.15, 0.2) is 0 Å². The highest BCUT2D eigenvalue weighted by Crippen LogP contribution is 2.44. The Labute approximate surface area is 133 Å². The van der Waals surface area contributed by atoms with Crippen LogP contribution in [0.1, 0.15) is 43.7 Å². The Hall–Kier alpha value is -1.72. The van der Waals surface area contributed by atoms with Gasteiger partial charge < -0.3 is 4.74 Å². The van der Waals surface area contributed by atoms with Gasteiger partial charge in [-0.3, -0.25) is 4.90 Å². The zero-order valence-electron chi connectivity index (χ0n) is 13.0. The molecule has 1 heterocycles. The van der Waals surface area contributed by atoms with E-state index in [1.807, 2.05) is 6.92 Å². The highest BCUT2D eigenvalue weighted by molar-refractivity contribution is 5.90. The van der Waals surface area contributed by atoms with Crippen LogP contribution in [0, 0.1) is 5.92 Å². The lowest BCUT2D eigenvalue weighted by molar-refractivity contribution is -0.137. The molecule has 1 fully saturated rings. The van der Waals surface area contributed by atoms with Gasteiger partial charge in [0.2, 0.25) is 0 Å². The van der Waals surface area contributed by atoms with Crippen LogP contribution in [-0.2, 0) is 17.3 Å². The van der Waals surface area contributed by atoms with Crippen molar-refractivity contribution in [2.45, 2.75) is 51.2 Å². The van der Waals surface area contributed by atoms with E-state index in [1.54, 1.807) is 4.90 Å². The molecule has 0 spiro atoms. The van der Waals surface area contributed by atoms with Gasteiger partial charge in [0, 0.05) is 6.04 Å². The summed E-state index contributed by atoms with van der Waals surface area (Å²) in [6, 6.07) is 3.68. The quantitative estimate of drug-likeness (QED) is 0.799. The average molecular weight is 327 g/mol. The van der Waals surface area contributed by atoms with Crippen LogP contribution in [0.3, 0.4) is 0 Å². The predicted octanol–water partition coefficient (Wildman–Crippen LogP) is 4.78. The van der Waals surface area contributed by atoms with E-state index in [-0.39, 0.29) is 6.04 Å². The topological polar surface area (TPSA) is 29.5 Å². The Morgan fingerprint density at radius 3 is 2.65 bits per heavy atom. The smallest absolute Gasteiger partial charge is 0.416 e. The lowest BCUT2D eigenvalue weighted by Crippen LogP contribution is -2.45. The van der Waals surface area contributed by atoms with Gasteiger partial charge in [-0.15, -0.1) is 0 Å². The molecule has 1 aromatic carbocycles. The standard InChI is InChI=1S/C17H20F3NO2/c1-2-9-23-16(22)21-14(11-3-4-11)7-5-12-10-13(17(18,19)20)6-8-15(12)21/h6,8,10-11,14H,2-5,7,9H2,1H3/t14-/m0/s1. The van der Waals surface area contributed by atoms with Crippen molar-refractivity contribution in [2.24, 2.45) is 5.92 Å². The number of alkyl halides is 3. The van der Waals surface area contributed by atoms with Gasteiger partial charge >= 0.3 is 12.3 Å². The zero-order chi connectivity index (χ0) is 16.6. The first-order chi connectivity index (χ1) is 10.9. The molecule has 3 nitrogen and oxygen atoms in total. The molecule has 1 saturated carbocycles. The normalized spacial score (nSPS) is 21.0. The first-order valence-corrected chi connectivity index (χ1v) is 8.08. The second kappa shape index (κ2) is 6.06. The van der Waals surface area contributed by atoms with Crippen molar-refractivity contribution >= 4 is 11.8 Å². The second-order valence-corrected chi connectivity index (χ2v) is 6.27. The molecule has 0 saturated heterocycles. The maximum absolute atomic E-state index is 12.9. The second-order valence-electron chi connectivity index (χ2n) is 6.27. The Bertz CT molecular complexity index is 596. The third-order valence-corrected chi connectivity index (χ3v) is 4.50. The predicted molar refractivity (Wildman–Crippen MR) is 80.4 cm³/mol. The maximum Gasteiger partial charge on any atom is 0.416 e. The van der Waals surface area contributed by atoms with Crippen LogP contribution < -0.4 is 4.90 Å². The molecule has 0 aromatic heterocycles. The van der Waals surface area contributed by atoms with Crippen LogP contribution in [0.25, 0.3) is 0 Å². The molecule has 1 aromatic rings.